The normalized spacial score (nSPS) is 10.4. The van der Waals surface area contributed by atoms with Gasteiger partial charge >= 0.3 is 6.09 Å². The molecular weight excluding hydrogens is 338 g/mol. The molecule has 1 aromatic carbocycles. The minimum absolute atomic E-state index is 0.193. The number of nitrogens with zero attached hydrogens (tertiary/aromatic N) is 1. The number of amides is 2. The van der Waals surface area contributed by atoms with Crippen molar-refractivity contribution < 1.29 is 23.9 Å². The van der Waals surface area contributed by atoms with E-state index in [1.54, 1.807) is 0 Å². The molecule has 8 nitrogen and oxygen atoms in total. The Labute approximate surface area is 153 Å². The summed E-state index contributed by atoms with van der Waals surface area (Å²) >= 11 is 0. The van der Waals surface area contributed by atoms with Crippen LogP contribution in [0.4, 0.5) is 4.79 Å². The number of hydrogen-bond acceptors (Lipinski definition) is 6. The number of ether oxygens (including phenoxy) is 2. The first kappa shape index (κ1) is 21.4. The van der Waals surface area contributed by atoms with Gasteiger partial charge in [0.05, 0.1) is 12.7 Å². The Morgan fingerprint density at radius 1 is 1.15 bits per heavy atom. The van der Waals surface area contributed by atoms with E-state index in [9.17, 15) is 14.4 Å². The van der Waals surface area contributed by atoms with E-state index >= 15 is 0 Å². The predicted molar refractivity (Wildman–Crippen MR) is 97.7 cm³/mol. The van der Waals surface area contributed by atoms with Crippen LogP contribution in [0.15, 0.2) is 12.1 Å². The van der Waals surface area contributed by atoms with Crippen molar-refractivity contribution in [3.05, 3.63) is 28.8 Å². The Kier molecular flexibility index (Phi) is 8.57. The van der Waals surface area contributed by atoms with Crippen molar-refractivity contribution in [1.82, 2.24) is 15.5 Å². The molecular formula is C18H27N3O5. The van der Waals surface area contributed by atoms with Crippen molar-refractivity contribution in [2.45, 2.75) is 20.0 Å². The van der Waals surface area contributed by atoms with Crippen molar-refractivity contribution in [2.75, 3.05) is 41.3 Å². The molecule has 0 saturated heterocycles. The van der Waals surface area contributed by atoms with Crippen molar-refractivity contribution in [2.24, 2.45) is 0 Å². The SMILES string of the molecule is CNC(=O)c1cc(OC)cc(C(C)=O)c1COC(=O)NCCCN(C)C. The van der Waals surface area contributed by atoms with Gasteiger partial charge in [0.1, 0.15) is 12.4 Å². The lowest BCUT2D eigenvalue weighted by Gasteiger charge is -2.15. The molecule has 0 atom stereocenters. The number of hydrogen-bond donors (Lipinski definition) is 2. The lowest BCUT2D eigenvalue weighted by atomic mass is 9.97. The first-order valence-electron chi connectivity index (χ1n) is 8.29. The summed E-state index contributed by atoms with van der Waals surface area (Å²) in [5, 5.41) is 5.16. The van der Waals surface area contributed by atoms with Crippen LogP contribution in [-0.2, 0) is 11.3 Å². The number of ketones is 1. The summed E-state index contributed by atoms with van der Waals surface area (Å²) < 4.78 is 10.3. The standard InChI is InChI=1S/C18H27N3O5/c1-12(22)14-9-13(25-5)10-15(17(23)19-2)16(14)11-26-18(24)20-7-6-8-21(3)4/h9-10H,6-8,11H2,1-5H3,(H,19,23)(H,20,24). The van der Waals surface area contributed by atoms with Crippen molar-refractivity contribution in [3.63, 3.8) is 0 Å². The Hall–Kier alpha value is -2.61. The first-order chi connectivity index (χ1) is 12.3. The Morgan fingerprint density at radius 2 is 1.81 bits per heavy atom. The largest absolute Gasteiger partial charge is 0.497 e. The van der Waals surface area contributed by atoms with Gasteiger partial charge in [0.25, 0.3) is 5.91 Å². The highest BCUT2D eigenvalue weighted by Crippen LogP contribution is 2.24. The summed E-state index contributed by atoms with van der Waals surface area (Å²) in [7, 11) is 6.83. The van der Waals surface area contributed by atoms with Gasteiger partial charge in [0.15, 0.2) is 5.78 Å². The zero-order chi connectivity index (χ0) is 19.7. The second-order valence-electron chi connectivity index (χ2n) is 6.00. The zero-order valence-corrected chi connectivity index (χ0v) is 16.0. The molecule has 2 N–H and O–H groups in total. The number of alkyl carbamates (subject to hydrolysis) is 1. The molecule has 1 rings (SSSR count). The fraction of sp³-hybridized carbons (Fsp3) is 0.500. The van der Waals surface area contributed by atoms with Crippen molar-refractivity contribution in [3.8, 4) is 5.75 Å². The van der Waals surface area contributed by atoms with E-state index in [0.717, 1.165) is 13.0 Å². The number of carbonyl (C=O) groups excluding carboxylic acids is 3. The maximum Gasteiger partial charge on any atom is 0.407 e. The molecule has 0 saturated carbocycles. The van der Waals surface area contributed by atoms with Gasteiger partial charge in [0, 0.05) is 24.7 Å². The number of methoxy groups -OCH3 is 1. The van der Waals surface area contributed by atoms with E-state index < -0.39 is 12.0 Å². The van der Waals surface area contributed by atoms with Crippen LogP contribution in [0.25, 0.3) is 0 Å². The van der Waals surface area contributed by atoms with E-state index in [4.69, 9.17) is 9.47 Å². The third-order valence-corrected chi connectivity index (χ3v) is 3.71. The van der Waals surface area contributed by atoms with Gasteiger partial charge in [-0.25, -0.2) is 4.79 Å². The van der Waals surface area contributed by atoms with E-state index in [2.05, 4.69) is 10.6 Å². The minimum Gasteiger partial charge on any atom is -0.497 e. The van der Waals surface area contributed by atoms with E-state index in [-0.39, 0.29) is 23.5 Å². The zero-order valence-electron chi connectivity index (χ0n) is 16.0. The van der Waals surface area contributed by atoms with Gasteiger partial charge in [-0.2, -0.15) is 0 Å². The van der Waals surface area contributed by atoms with Crippen LogP contribution >= 0.6 is 0 Å². The highest BCUT2D eigenvalue weighted by Gasteiger charge is 2.20. The van der Waals surface area contributed by atoms with Crippen LogP contribution in [0, 0.1) is 0 Å². The maximum absolute atomic E-state index is 12.2. The molecule has 0 aliphatic rings. The molecule has 26 heavy (non-hydrogen) atoms. The summed E-state index contributed by atoms with van der Waals surface area (Å²) in [6.07, 6.45) is 0.184. The third kappa shape index (κ3) is 6.36. The van der Waals surface area contributed by atoms with Gasteiger partial charge in [-0.15, -0.1) is 0 Å². The van der Waals surface area contributed by atoms with Crippen LogP contribution in [0.1, 0.15) is 39.6 Å². The maximum atomic E-state index is 12.2. The highest BCUT2D eigenvalue weighted by molar-refractivity contribution is 6.02. The first-order valence-corrected chi connectivity index (χ1v) is 8.29. The molecule has 2 amide bonds. The van der Waals surface area contributed by atoms with Crippen LogP contribution in [0.5, 0.6) is 5.75 Å². The molecule has 8 heteroatoms. The number of carbonyl (C=O) groups is 3. The fourth-order valence-corrected chi connectivity index (χ4v) is 2.34. The average Bonchev–Trinajstić information content (AvgIpc) is 2.61. The topological polar surface area (TPSA) is 97.0 Å². The number of nitrogens with one attached hydrogen (secondary N) is 2. The predicted octanol–water partition coefficient (Wildman–Crippen LogP) is 1.44. The van der Waals surface area contributed by atoms with Gasteiger partial charge in [-0.05, 0) is 46.1 Å². The van der Waals surface area contributed by atoms with E-state index in [1.165, 1.54) is 33.2 Å². The lowest BCUT2D eigenvalue weighted by molar-refractivity contribution is 0.0955. The number of rotatable bonds is 9. The molecule has 0 fully saturated rings. The summed E-state index contributed by atoms with van der Waals surface area (Å²) in [4.78, 5) is 38.0. The van der Waals surface area contributed by atoms with Crippen molar-refractivity contribution in [1.29, 1.82) is 0 Å². The van der Waals surface area contributed by atoms with Crippen LogP contribution < -0.4 is 15.4 Å². The molecule has 0 unspecified atom stereocenters. The quantitative estimate of drug-likeness (QED) is 0.508. The van der Waals surface area contributed by atoms with Crippen LogP contribution in [0.2, 0.25) is 0 Å². The summed E-state index contributed by atoms with van der Waals surface area (Å²) in [5.74, 6) is -0.263. The molecule has 0 aliphatic carbocycles. The Bertz CT molecular complexity index is 658. The molecule has 0 aromatic heterocycles. The average molecular weight is 365 g/mol. The van der Waals surface area contributed by atoms with Crippen LogP contribution in [0.3, 0.4) is 0 Å². The minimum atomic E-state index is -0.600. The van der Waals surface area contributed by atoms with Gasteiger partial charge in [-0.3, -0.25) is 9.59 Å². The second-order valence-corrected chi connectivity index (χ2v) is 6.00. The summed E-state index contributed by atoms with van der Waals surface area (Å²) in [6.45, 7) is 2.50. The molecule has 0 spiro atoms. The number of Topliss-reactive ketones (excluding diaryl/α,β-unsaturated/α-hetero) is 1. The van der Waals surface area contributed by atoms with Crippen molar-refractivity contribution >= 4 is 17.8 Å². The number of benzene rings is 1. The van der Waals surface area contributed by atoms with Gasteiger partial charge in [-0.1, -0.05) is 0 Å². The second kappa shape index (κ2) is 10.4. The molecule has 144 valence electrons. The van der Waals surface area contributed by atoms with Gasteiger partial charge < -0.3 is 25.0 Å². The fourth-order valence-electron chi connectivity index (χ4n) is 2.34. The lowest BCUT2D eigenvalue weighted by Crippen LogP contribution is -2.28. The smallest absolute Gasteiger partial charge is 0.407 e. The molecule has 0 bridgehead atoms. The van der Waals surface area contributed by atoms with E-state index in [1.807, 2.05) is 19.0 Å². The van der Waals surface area contributed by atoms with Gasteiger partial charge in [0.2, 0.25) is 0 Å². The summed E-state index contributed by atoms with van der Waals surface area (Å²) in [5.41, 5.74) is 0.863. The Morgan fingerprint density at radius 3 is 2.35 bits per heavy atom. The highest BCUT2D eigenvalue weighted by atomic mass is 16.5. The monoisotopic (exact) mass is 365 g/mol. The summed E-state index contributed by atoms with van der Waals surface area (Å²) in [6, 6.07) is 3.04. The van der Waals surface area contributed by atoms with Crippen LogP contribution in [-0.4, -0.2) is 64.0 Å². The van der Waals surface area contributed by atoms with E-state index in [0.29, 0.717) is 17.9 Å². The molecule has 0 aliphatic heterocycles. The molecule has 1 aromatic rings. The third-order valence-electron chi connectivity index (χ3n) is 3.71. The molecule has 0 heterocycles. The molecule has 0 radical (unpaired) electrons. The Balaban J connectivity index is 2.91.